The number of likely N-dealkylation sites (tertiary alicyclic amines) is 2. The van der Waals surface area contributed by atoms with Gasteiger partial charge in [0.2, 0.25) is 5.91 Å². The van der Waals surface area contributed by atoms with Gasteiger partial charge in [0, 0.05) is 59.5 Å². The van der Waals surface area contributed by atoms with Crippen LogP contribution < -0.4 is 5.73 Å². The Morgan fingerprint density at radius 1 is 1.06 bits per heavy atom. The van der Waals surface area contributed by atoms with Gasteiger partial charge in [-0.05, 0) is 108 Å². The summed E-state index contributed by atoms with van der Waals surface area (Å²) in [6.07, 6.45) is 9.79. The van der Waals surface area contributed by atoms with Gasteiger partial charge in [0.1, 0.15) is 12.1 Å². The topological polar surface area (TPSA) is 129 Å². The largest absolute Gasteiger partial charge is 0.329 e. The highest BCUT2D eigenvalue weighted by Crippen LogP contribution is 2.40. The minimum Gasteiger partial charge on any atom is -0.329 e. The molecule has 49 heavy (non-hydrogen) atoms. The maximum Gasteiger partial charge on any atom is 0.247 e. The van der Waals surface area contributed by atoms with Crippen molar-refractivity contribution in [1.29, 1.82) is 5.26 Å². The van der Waals surface area contributed by atoms with E-state index < -0.39 is 0 Å². The number of nitrogens with two attached hydrogens (primary N) is 1. The highest BCUT2D eigenvalue weighted by Gasteiger charge is 2.44. The monoisotopic (exact) mass is 675 g/mol. The number of nitriles is 1. The number of nitrogens with zero attached hydrogens (tertiary/aromatic N) is 8. The molecule has 0 aliphatic carbocycles. The van der Waals surface area contributed by atoms with E-state index in [1.165, 1.54) is 23.1 Å². The Hall–Kier alpha value is -5.02. The molecular weight excluding hydrogens is 641 g/mol. The lowest BCUT2D eigenvalue weighted by atomic mass is 9.77. The van der Waals surface area contributed by atoms with Crippen LogP contribution in [0.3, 0.4) is 0 Å². The number of hydrogen-bond acceptors (Lipinski definition) is 8. The Morgan fingerprint density at radius 2 is 1.84 bits per heavy atom. The second kappa shape index (κ2) is 14.2. The van der Waals surface area contributed by atoms with Gasteiger partial charge in [-0.25, -0.2) is 4.39 Å². The van der Waals surface area contributed by atoms with E-state index >= 15 is 0 Å². The van der Waals surface area contributed by atoms with Crippen LogP contribution in [0.4, 0.5) is 4.39 Å². The first-order valence-electron chi connectivity index (χ1n) is 16.4. The Kier molecular flexibility index (Phi) is 9.44. The van der Waals surface area contributed by atoms with Crippen molar-refractivity contribution < 1.29 is 9.18 Å². The Morgan fingerprint density at radius 3 is 2.55 bits per heavy atom. The number of benzene rings is 3. The van der Waals surface area contributed by atoms with Crippen LogP contribution in [0.25, 0.3) is 17.3 Å². The van der Waals surface area contributed by atoms with Gasteiger partial charge in [0.15, 0.2) is 0 Å². The number of aromatic nitrogens is 4. The van der Waals surface area contributed by atoms with Gasteiger partial charge in [-0.15, -0.1) is 5.10 Å². The van der Waals surface area contributed by atoms with Crippen LogP contribution >= 0.6 is 11.6 Å². The molecule has 2 N–H and O–H groups in total. The molecule has 3 aliphatic rings. The highest BCUT2D eigenvalue weighted by atomic mass is 35.5. The van der Waals surface area contributed by atoms with Crippen molar-refractivity contribution in [3.8, 4) is 11.8 Å². The number of aliphatic imine (C=N–C) groups is 1. The maximum absolute atomic E-state index is 14.5. The number of rotatable bonds is 7. The summed E-state index contributed by atoms with van der Waals surface area (Å²) in [7, 11) is 0. The molecule has 0 radical (unpaired) electrons. The minimum atomic E-state index is -0.378. The molecule has 0 spiro atoms. The summed E-state index contributed by atoms with van der Waals surface area (Å²) in [5, 5.41) is 21.3. The third-order valence-corrected chi connectivity index (χ3v) is 10.0. The first kappa shape index (κ1) is 32.5. The molecule has 10 nitrogen and oxygen atoms in total. The highest BCUT2D eigenvalue weighted by molar-refractivity contribution is 6.30. The SMILES string of the molecule is N#Cc1ccc(C2=CN=C(C3C(c4ccc(F)cc4)CC(N4CCC(N)CC4)CN3C(=O)/C=C/c3cc(Cl)ccc3-n3cnnn3)C2)cc1. The fourth-order valence-corrected chi connectivity index (χ4v) is 7.41. The van der Waals surface area contributed by atoms with Gasteiger partial charge in [-0.1, -0.05) is 35.9 Å². The molecule has 2 saturated heterocycles. The molecule has 0 bridgehead atoms. The second-order valence-electron chi connectivity index (χ2n) is 12.8. The molecule has 1 amide bonds. The Labute approximate surface area is 289 Å². The van der Waals surface area contributed by atoms with Crippen LogP contribution in [0.5, 0.6) is 0 Å². The van der Waals surface area contributed by atoms with Gasteiger partial charge in [-0.2, -0.15) is 9.94 Å². The van der Waals surface area contributed by atoms with Crippen molar-refractivity contribution in [2.75, 3.05) is 19.6 Å². The van der Waals surface area contributed by atoms with Crippen LogP contribution in [-0.2, 0) is 4.79 Å². The quantitative estimate of drug-likeness (QED) is 0.260. The summed E-state index contributed by atoms with van der Waals surface area (Å²) >= 11 is 6.38. The zero-order chi connectivity index (χ0) is 33.9. The zero-order valence-corrected chi connectivity index (χ0v) is 27.5. The van der Waals surface area contributed by atoms with Gasteiger partial charge in [0.25, 0.3) is 0 Å². The first-order valence-corrected chi connectivity index (χ1v) is 16.8. The molecule has 4 aromatic rings. The molecule has 0 saturated carbocycles. The molecule has 3 atom stereocenters. The normalized spacial score (nSPS) is 21.8. The summed E-state index contributed by atoms with van der Waals surface area (Å²) < 4.78 is 15.7. The van der Waals surface area contributed by atoms with Crippen LogP contribution in [0, 0.1) is 17.1 Å². The number of allylic oxidation sites excluding steroid dienone is 1. The van der Waals surface area contributed by atoms with Gasteiger partial charge < -0.3 is 10.6 Å². The Bertz CT molecular complexity index is 1940. The molecule has 12 heteroatoms. The lowest BCUT2D eigenvalue weighted by Crippen LogP contribution is -2.60. The summed E-state index contributed by atoms with van der Waals surface area (Å²) in [5.74, 6) is -0.619. The number of hydrogen-bond donors (Lipinski definition) is 1. The van der Waals surface area contributed by atoms with Gasteiger partial charge in [0.05, 0.1) is 23.4 Å². The van der Waals surface area contributed by atoms with E-state index in [-0.39, 0.29) is 35.8 Å². The van der Waals surface area contributed by atoms with Crippen molar-refractivity contribution in [1.82, 2.24) is 30.0 Å². The fraction of sp³-hybridized carbons (Fsp3) is 0.297. The van der Waals surface area contributed by atoms with Crippen molar-refractivity contribution in [2.45, 2.75) is 49.7 Å². The van der Waals surface area contributed by atoms with E-state index in [0.717, 1.165) is 54.8 Å². The number of halogens is 2. The van der Waals surface area contributed by atoms with E-state index in [1.807, 2.05) is 35.4 Å². The molecule has 3 aromatic carbocycles. The smallest absolute Gasteiger partial charge is 0.247 e. The number of piperidine rings is 2. The van der Waals surface area contributed by atoms with Crippen LogP contribution in [0.1, 0.15) is 53.9 Å². The number of carbonyl (C=O) groups excluding carboxylic acids is 1. The molecule has 7 rings (SSSR count). The molecule has 3 aliphatic heterocycles. The van der Waals surface area contributed by atoms with E-state index in [4.69, 9.17) is 22.3 Å². The number of carbonyl (C=O) groups is 1. The number of amides is 1. The van der Waals surface area contributed by atoms with Gasteiger partial charge in [-0.3, -0.25) is 14.7 Å². The minimum absolute atomic E-state index is 0.0760. The van der Waals surface area contributed by atoms with E-state index in [2.05, 4.69) is 26.5 Å². The van der Waals surface area contributed by atoms with Gasteiger partial charge >= 0.3 is 0 Å². The predicted molar refractivity (Wildman–Crippen MR) is 186 cm³/mol. The standard InChI is InChI=1S/C37H35ClFN9O/c38-29-8-11-35(48-23-43-44-45-48)27(17-29)7-12-36(49)47-22-32(46-15-13-31(41)14-16-46)19-33(26-5-9-30(39)10-6-26)37(47)34-18-28(21-42-34)25-3-1-24(20-40)2-4-25/h1-12,17,21,23,31-33,37H,13-16,18-19,22,41H2/b12-7+. The van der Waals surface area contributed by atoms with Crippen molar-refractivity contribution in [2.24, 2.45) is 10.7 Å². The van der Waals surface area contributed by atoms with Crippen molar-refractivity contribution in [3.05, 3.63) is 118 Å². The number of tetrazole rings is 1. The van der Waals surface area contributed by atoms with Crippen LogP contribution in [-0.4, -0.2) is 79.4 Å². The van der Waals surface area contributed by atoms with Crippen LogP contribution in [0.15, 0.2) is 90.3 Å². The third kappa shape index (κ3) is 7.08. The summed E-state index contributed by atoms with van der Waals surface area (Å²) in [4.78, 5) is 23.8. The van der Waals surface area contributed by atoms with Crippen LogP contribution in [0.2, 0.25) is 5.02 Å². The molecule has 2 fully saturated rings. The summed E-state index contributed by atoms with van der Waals surface area (Å²) in [6, 6.07) is 21.4. The average Bonchev–Trinajstić information content (AvgIpc) is 3.85. The average molecular weight is 676 g/mol. The van der Waals surface area contributed by atoms with E-state index in [9.17, 15) is 14.4 Å². The molecule has 4 heterocycles. The third-order valence-electron chi connectivity index (χ3n) is 9.80. The lowest BCUT2D eigenvalue weighted by Gasteiger charge is -2.49. The first-order chi connectivity index (χ1) is 23.9. The molecule has 248 valence electrons. The zero-order valence-electron chi connectivity index (χ0n) is 26.7. The molecule has 1 aromatic heterocycles. The fourth-order valence-electron chi connectivity index (χ4n) is 7.23. The van der Waals surface area contributed by atoms with E-state index in [0.29, 0.717) is 34.8 Å². The Balaban J connectivity index is 1.25. The second-order valence-corrected chi connectivity index (χ2v) is 13.2. The predicted octanol–water partition coefficient (Wildman–Crippen LogP) is 5.40. The maximum atomic E-state index is 14.5. The summed E-state index contributed by atoms with van der Waals surface area (Å²) in [5.41, 5.74) is 12.0. The molecule has 3 unspecified atom stereocenters. The van der Waals surface area contributed by atoms with E-state index in [1.54, 1.807) is 42.5 Å². The summed E-state index contributed by atoms with van der Waals surface area (Å²) in [6.45, 7) is 2.21. The van der Waals surface area contributed by atoms with Crippen molar-refractivity contribution in [3.63, 3.8) is 0 Å². The molecular formula is C37H35ClFN9O. The van der Waals surface area contributed by atoms with Crippen molar-refractivity contribution >= 4 is 34.9 Å². The lowest BCUT2D eigenvalue weighted by molar-refractivity contribution is -0.130.